The lowest BCUT2D eigenvalue weighted by atomic mass is 9.97. The molecule has 0 aliphatic carbocycles. The van der Waals surface area contributed by atoms with Crippen molar-refractivity contribution in [3.05, 3.63) is 29.3 Å². The van der Waals surface area contributed by atoms with Crippen LogP contribution in [0.2, 0.25) is 0 Å². The number of benzene rings is 1. The molecule has 1 heterocycles. The molecule has 1 atom stereocenters. The molecule has 1 aromatic carbocycles. The summed E-state index contributed by atoms with van der Waals surface area (Å²) in [7, 11) is 0. The normalized spacial score (nSPS) is 20.4. The second-order valence-electron chi connectivity index (χ2n) is 5.06. The standard InChI is InChI=1S/C13H18OS/c1-9-6-11-5-4-10(7-12(11)15-9)8-13(2,3)14/h4-5,7,9,14H,6,8H2,1-3H3. The average Bonchev–Trinajstić information content (AvgIpc) is 2.40. The van der Waals surface area contributed by atoms with Crippen LogP contribution in [0, 0.1) is 0 Å². The molecule has 2 heteroatoms. The Bertz CT molecular complexity index is 365. The minimum Gasteiger partial charge on any atom is -0.390 e. The van der Waals surface area contributed by atoms with Gasteiger partial charge in [-0.15, -0.1) is 11.8 Å². The fourth-order valence-electron chi connectivity index (χ4n) is 2.05. The van der Waals surface area contributed by atoms with E-state index in [0.29, 0.717) is 5.25 Å². The number of rotatable bonds is 2. The summed E-state index contributed by atoms with van der Waals surface area (Å²) in [6.45, 7) is 5.98. The van der Waals surface area contributed by atoms with Gasteiger partial charge in [-0.2, -0.15) is 0 Å². The summed E-state index contributed by atoms with van der Waals surface area (Å²) in [6, 6.07) is 6.60. The molecule has 1 nitrogen and oxygen atoms in total. The van der Waals surface area contributed by atoms with Crippen molar-refractivity contribution in [2.24, 2.45) is 0 Å². The Morgan fingerprint density at radius 3 is 2.87 bits per heavy atom. The molecule has 0 saturated heterocycles. The third-order valence-electron chi connectivity index (χ3n) is 2.60. The second kappa shape index (κ2) is 3.84. The summed E-state index contributed by atoms with van der Waals surface area (Å²) in [6.07, 6.45) is 1.91. The largest absolute Gasteiger partial charge is 0.390 e. The van der Waals surface area contributed by atoms with Gasteiger partial charge in [-0.3, -0.25) is 0 Å². The van der Waals surface area contributed by atoms with Crippen LogP contribution in [0.15, 0.2) is 23.1 Å². The fraction of sp³-hybridized carbons (Fsp3) is 0.538. The molecule has 15 heavy (non-hydrogen) atoms. The maximum atomic E-state index is 9.76. The lowest BCUT2D eigenvalue weighted by Gasteiger charge is -2.17. The van der Waals surface area contributed by atoms with Gasteiger partial charge in [-0.25, -0.2) is 0 Å². The maximum absolute atomic E-state index is 9.76. The monoisotopic (exact) mass is 222 g/mol. The van der Waals surface area contributed by atoms with Crippen LogP contribution in [-0.2, 0) is 12.8 Å². The molecule has 0 aromatic heterocycles. The summed E-state index contributed by atoms with van der Waals surface area (Å²) < 4.78 is 0. The Balaban J connectivity index is 2.20. The van der Waals surface area contributed by atoms with Crippen molar-refractivity contribution >= 4 is 11.8 Å². The van der Waals surface area contributed by atoms with Gasteiger partial charge in [-0.05, 0) is 37.5 Å². The van der Waals surface area contributed by atoms with E-state index in [2.05, 4.69) is 25.1 Å². The van der Waals surface area contributed by atoms with Crippen LogP contribution in [0.3, 0.4) is 0 Å². The van der Waals surface area contributed by atoms with Crippen LogP contribution in [0.4, 0.5) is 0 Å². The first-order valence-electron chi connectivity index (χ1n) is 5.45. The van der Waals surface area contributed by atoms with Crippen LogP contribution in [0.1, 0.15) is 31.9 Å². The van der Waals surface area contributed by atoms with Crippen molar-refractivity contribution in [1.29, 1.82) is 0 Å². The Morgan fingerprint density at radius 2 is 2.20 bits per heavy atom. The predicted molar refractivity (Wildman–Crippen MR) is 65.5 cm³/mol. The Hall–Kier alpha value is -0.470. The first kappa shape index (κ1) is 11.0. The zero-order chi connectivity index (χ0) is 11.1. The molecule has 82 valence electrons. The number of hydrogen-bond donors (Lipinski definition) is 1. The molecule has 0 amide bonds. The molecule has 0 radical (unpaired) electrons. The molecular formula is C13H18OS. The number of hydrogen-bond acceptors (Lipinski definition) is 2. The van der Waals surface area contributed by atoms with Crippen LogP contribution in [-0.4, -0.2) is 16.0 Å². The SMILES string of the molecule is CC1Cc2ccc(CC(C)(C)O)cc2S1. The predicted octanol–water partition coefficient (Wildman–Crippen LogP) is 3.04. The molecule has 2 rings (SSSR count). The van der Waals surface area contributed by atoms with Gasteiger partial charge in [-0.1, -0.05) is 19.1 Å². The maximum Gasteiger partial charge on any atom is 0.0631 e. The van der Waals surface area contributed by atoms with Gasteiger partial charge in [0.15, 0.2) is 0 Å². The molecule has 0 saturated carbocycles. The van der Waals surface area contributed by atoms with Crippen molar-refractivity contribution in [1.82, 2.24) is 0 Å². The van der Waals surface area contributed by atoms with E-state index >= 15 is 0 Å². The smallest absolute Gasteiger partial charge is 0.0631 e. The summed E-state index contributed by atoms with van der Waals surface area (Å²) in [4.78, 5) is 1.41. The van der Waals surface area contributed by atoms with Gasteiger partial charge in [0.1, 0.15) is 0 Å². The van der Waals surface area contributed by atoms with Crippen LogP contribution >= 0.6 is 11.8 Å². The van der Waals surface area contributed by atoms with Crippen molar-refractivity contribution in [3.8, 4) is 0 Å². The third-order valence-corrected chi connectivity index (χ3v) is 3.81. The van der Waals surface area contributed by atoms with Gasteiger partial charge in [0.25, 0.3) is 0 Å². The van der Waals surface area contributed by atoms with Gasteiger partial charge in [0, 0.05) is 16.6 Å². The quantitative estimate of drug-likeness (QED) is 0.830. The first-order chi connectivity index (χ1) is 6.94. The van der Waals surface area contributed by atoms with E-state index in [0.717, 1.165) is 6.42 Å². The van der Waals surface area contributed by atoms with E-state index in [-0.39, 0.29) is 0 Å². The highest BCUT2D eigenvalue weighted by atomic mass is 32.2. The Morgan fingerprint density at radius 1 is 1.47 bits per heavy atom. The van der Waals surface area contributed by atoms with E-state index in [1.54, 1.807) is 0 Å². The summed E-state index contributed by atoms with van der Waals surface area (Å²) in [5.74, 6) is 0. The Labute approximate surface area is 95.9 Å². The third kappa shape index (κ3) is 2.76. The highest BCUT2D eigenvalue weighted by molar-refractivity contribution is 8.00. The van der Waals surface area contributed by atoms with Gasteiger partial charge < -0.3 is 5.11 Å². The number of aliphatic hydroxyl groups is 1. The average molecular weight is 222 g/mol. The molecule has 1 aromatic rings. The van der Waals surface area contributed by atoms with E-state index in [4.69, 9.17) is 0 Å². The fourth-order valence-corrected chi connectivity index (χ4v) is 3.27. The first-order valence-corrected chi connectivity index (χ1v) is 6.33. The molecule has 0 spiro atoms. The lowest BCUT2D eigenvalue weighted by Crippen LogP contribution is -2.21. The summed E-state index contributed by atoms with van der Waals surface area (Å²) in [5, 5.41) is 10.5. The highest BCUT2D eigenvalue weighted by Gasteiger charge is 2.20. The van der Waals surface area contributed by atoms with Gasteiger partial charge in [0.05, 0.1) is 5.60 Å². The van der Waals surface area contributed by atoms with E-state index in [9.17, 15) is 5.11 Å². The second-order valence-corrected chi connectivity index (χ2v) is 6.54. The molecule has 1 N–H and O–H groups in total. The molecule has 1 aliphatic rings. The van der Waals surface area contributed by atoms with E-state index in [1.165, 1.54) is 22.4 Å². The molecule has 0 bridgehead atoms. The number of fused-ring (bicyclic) bond motifs is 1. The number of thioether (sulfide) groups is 1. The van der Waals surface area contributed by atoms with E-state index in [1.807, 2.05) is 25.6 Å². The van der Waals surface area contributed by atoms with Crippen LogP contribution in [0.5, 0.6) is 0 Å². The molecule has 1 unspecified atom stereocenters. The van der Waals surface area contributed by atoms with Gasteiger partial charge in [0.2, 0.25) is 0 Å². The topological polar surface area (TPSA) is 20.2 Å². The van der Waals surface area contributed by atoms with Crippen molar-refractivity contribution < 1.29 is 5.11 Å². The molecule has 1 aliphatic heterocycles. The molecular weight excluding hydrogens is 204 g/mol. The van der Waals surface area contributed by atoms with Crippen molar-refractivity contribution in [3.63, 3.8) is 0 Å². The summed E-state index contributed by atoms with van der Waals surface area (Å²) >= 11 is 1.95. The zero-order valence-corrected chi connectivity index (χ0v) is 10.4. The summed E-state index contributed by atoms with van der Waals surface area (Å²) in [5.41, 5.74) is 2.10. The van der Waals surface area contributed by atoms with E-state index < -0.39 is 5.60 Å². The van der Waals surface area contributed by atoms with Crippen molar-refractivity contribution in [2.75, 3.05) is 0 Å². The zero-order valence-electron chi connectivity index (χ0n) is 9.58. The van der Waals surface area contributed by atoms with Crippen molar-refractivity contribution in [2.45, 2.75) is 49.4 Å². The molecule has 0 fully saturated rings. The van der Waals surface area contributed by atoms with Crippen LogP contribution in [0.25, 0.3) is 0 Å². The minimum absolute atomic E-state index is 0.608. The van der Waals surface area contributed by atoms with Gasteiger partial charge >= 0.3 is 0 Å². The minimum atomic E-state index is -0.608. The van der Waals surface area contributed by atoms with Crippen LogP contribution < -0.4 is 0 Å². The highest BCUT2D eigenvalue weighted by Crippen LogP contribution is 2.37. The lowest BCUT2D eigenvalue weighted by molar-refractivity contribution is 0.0809. The Kier molecular flexibility index (Phi) is 2.82.